The average Bonchev–Trinajstić information content (AvgIpc) is 2.90. The van der Waals surface area contributed by atoms with E-state index in [-0.39, 0.29) is 11.7 Å². The highest BCUT2D eigenvalue weighted by molar-refractivity contribution is 5.98. The van der Waals surface area contributed by atoms with Gasteiger partial charge in [-0.05, 0) is 48.5 Å². The Labute approximate surface area is 115 Å². The summed E-state index contributed by atoms with van der Waals surface area (Å²) in [5, 5.41) is 3.57. The molecule has 0 aliphatic heterocycles. The lowest BCUT2D eigenvalue weighted by Crippen LogP contribution is -2.17. The second-order valence-electron chi connectivity index (χ2n) is 4.51. The van der Waals surface area contributed by atoms with Crippen molar-refractivity contribution in [2.24, 2.45) is 0 Å². The van der Waals surface area contributed by atoms with Crippen LogP contribution in [-0.2, 0) is 0 Å². The first-order valence-corrected chi connectivity index (χ1v) is 6.28. The summed E-state index contributed by atoms with van der Waals surface area (Å²) in [6, 6.07) is 13.8. The molecule has 1 amide bonds. The molecule has 2 aromatic carbocycles. The van der Waals surface area contributed by atoms with Crippen LogP contribution in [0.4, 0.5) is 4.39 Å². The number of carbonyl (C=O) groups is 1. The molecule has 0 radical (unpaired) electrons. The van der Waals surface area contributed by atoms with E-state index in [1.165, 1.54) is 12.1 Å². The Morgan fingerprint density at radius 1 is 1.10 bits per heavy atom. The van der Waals surface area contributed by atoms with Gasteiger partial charge in [-0.2, -0.15) is 0 Å². The van der Waals surface area contributed by atoms with Crippen molar-refractivity contribution in [3.05, 3.63) is 66.1 Å². The van der Waals surface area contributed by atoms with E-state index in [0.717, 1.165) is 16.6 Å². The number of nitrogens with zero attached hydrogens (tertiary/aromatic N) is 1. The molecule has 1 N–H and O–H groups in total. The van der Waals surface area contributed by atoms with Gasteiger partial charge in [0.25, 0.3) is 5.91 Å². The van der Waals surface area contributed by atoms with Crippen molar-refractivity contribution >= 4 is 16.8 Å². The standard InChI is InChI=1S/C16H13FN2O/c1-18-16(20)12-2-7-15-11(10-12)8-9-19(15)14-5-3-13(17)4-6-14/h2-10H,1H3,(H,18,20). The summed E-state index contributed by atoms with van der Waals surface area (Å²) < 4.78 is 14.9. The number of hydrogen-bond acceptors (Lipinski definition) is 1. The number of rotatable bonds is 2. The largest absolute Gasteiger partial charge is 0.355 e. The Hall–Kier alpha value is -2.62. The van der Waals surface area contributed by atoms with Gasteiger partial charge in [0.15, 0.2) is 0 Å². The number of benzene rings is 2. The fourth-order valence-electron chi connectivity index (χ4n) is 2.25. The van der Waals surface area contributed by atoms with Crippen LogP contribution < -0.4 is 5.32 Å². The molecule has 3 aromatic rings. The zero-order valence-electron chi connectivity index (χ0n) is 10.9. The third-order valence-corrected chi connectivity index (χ3v) is 3.28. The Morgan fingerprint density at radius 3 is 2.55 bits per heavy atom. The highest BCUT2D eigenvalue weighted by atomic mass is 19.1. The van der Waals surface area contributed by atoms with Gasteiger partial charge in [0, 0.05) is 29.9 Å². The summed E-state index contributed by atoms with van der Waals surface area (Å²) in [5.41, 5.74) is 2.48. The molecule has 0 unspecified atom stereocenters. The first-order chi connectivity index (χ1) is 9.69. The van der Waals surface area contributed by atoms with E-state index < -0.39 is 0 Å². The Morgan fingerprint density at radius 2 is 1.85 bits per heavy atom. The predicted molar refractivity (Wildman–Crippen MR) is 76.6 cm³/mol. The van der Waals surface area contributed by atoms with E-state index in [1.54, 1.807) is 25.2 Å². The molecule has 3 rings (SSSR count). The van der Waals surface area contributed by atoms with Crippen molar-refractivity contribution in [3.63, 3.8) is 0 Å². The van der Waals surface area contributed by atoms with Crippen molar-refractivity contribution in [2.75, 3.05) is 7.05 Å². The highest BCUT2D eigenvalue weighted by Crippen LogP contribution is 2.22. The Kier molecular flexibility index (Phi) is 2.99. The number of aromatic nitrogens is 1. The smallest absolute Gasteiger partial charge is 0.251 e. The third-order valence-electron chi connectivity index (χ3n) is 3.28. The van der Waals surface area contributed by atoms with Crippen LogP contribution in [0.3, 0.4) is 0 Å². The van der Waals surface area contributed by atoms with Crippen LogP contribution in [0, 0.1) is 5.82 Å². The molecule has 100 valence electrons. The Bertz CT molecular complexity index is 775. The topological polar surface area (TPSA) is 34.0 Å². The molecule has 20 heavy (non-hydrogen) atoms. The van der Waals surface area contributed by atoms with Crippen molar-refractivity contribution in [1.82, 2.24) is 9.88 Å². The number of amides is 1. The zero-order valence-corrected chi connectivity index (χ0v) is 10.9. The Balaban J connectivity index is 2.10. The normalized spacial score (nSPS) is 10.7. The van der Waals surface area contributed by atoms with Gasteiger partial charge in [-0.25, -0.2) is 4.39 Å². The zero-order chi connectivity index (χ0) is 14.1. The maximum atomic E-state index is 13.0. The fraction of sp³-hybridized carbons (Fsp3) is 0.0625. The molecule has 0 spiro atoms. The summed E-state index contributed by atoms with van der Waals surface area (Å²) in [6.07, 6.45) is 1.91. The maximum absolute atomic E-state index is 13.0. The lowest BCUT2D eigenvalue weighted by molar-refractivity contribution is 0.0963. The lowest BCUT2D eigenvalue weighted by atomic mass is 10.1. The van der Waals surface area contributed by atoms with Crippen molar-refractivity contribution in [1.29, 1.82) is 0 Å². The van der Waals surface area contributed by atoms with Gasteiger partial charge >= 0.3 is 0 Å². The van der Waals surface area contributed by atoms with Gasteiger partial charge in [0.2, 0.25) is 0 Å². The summed E-state index contributed by atoms with van der Waals surface area (Å²) >= 11 is 0. The summed E-state index contributed by atoms with van der Waals surface area (Å²) in [7, 11) is 1.61. The molecular formula is C16H13FN2O. The van der Waals surface area contributed by atoms with Crippen LogP contribution in [0.2, 0.25) is 0 Å². The number of nitrogens with one attached hydrogen (secondary N) is 1. The minimum atomic E-state index is -0.257. The van der Waals surface area contributed by atoms with Gasteiger partial charge in [0.1, 0.15) is 5.82 Å². The molecule has 0 aliphatic carbocycles. The van der Waals surface area contributed by atoms with E-state index in [2.05, 4.69) is 5.32 Å². The molecule has 0 bridgehead atoms. The van der Waals surface area contributed by atoms with Crippen LogP contribution in [0.15, 0.2) is 54.7 Å². The van der Waals surface area contributed by atoms with Crippen molar-refractivity contribution in [3.8, 4) is 5.69 Å². The van der Waals surface area contributed by atoms with Crippen molar-refractivity contribution in [2.45, 2.75) is 0 Å². The van der Waals surface area contributed by atoms with Crippen LogP contribution >= 0.6 is 0 Å². The second-order valence-corrected chi connectivity index (χ2v) is 4.51. The molecule has 0 atom stereocenters. The molecule has 0 fully saturated rings. The van der Waals surface area contributed by atoms with Crippen LogP contribution in [-0.4, -0.2) is 17.5 Å². The first-order valence-electron chi connectivity index (χ1n) is 6.28. The van der Waals surface area contributed by atoms with E-state index in [0.29, 0.717) is 5.56 Å². The molecule has 3 nitrogen and oxygen atoms in total. The number of halogens is 1. The first kappa shape index (κ1) is 12.4. The molecule has 4 heteroatoms. The van der Waals surface area contributed by atoms with Crippen LogP contribution in [0.25, 0.3) is 16.6 Å². The number of fused-ring (bicyclic) bond motifs is 1. The molecular weight excluding hydrogens is 255 g/mol. The van der Waals surface area contributed by atoms with Gasteiger partial charge in [-0.1, -0.05) is 0 Å². The molecule has 0 saturated carbocycles. The van der Waals surface area contributed by atoms with Crippen LogP contribution in [0.5, 0.6) is 0 Å². The lowest BCUT2D eigenvalue weighted by Gasteiger charge is -2.06. The molecule has 0 saturated heterocycles. The van der Waals surface area contributed by atoms with Crippen molar-refractivity contribution < 1.29 is 9.18 Å². The summed E-state index contributed by atoms with van der Waals surface area (Å²) in [4.78, 5) is 11.6. The van der Waals surface area contributed by atoms with Gasteiger partial charge in [0.05, 0.1) is 5.52 Å². The SMILES string of the molecule is CNC(=O)c1ccc2c(ccn2-c2ccc(F)cc2)c1. The predicted octanol–water partition coefficient (Wildman–Crippen LogP) is 3.13. The monoisotopic (exact) mass is 268 g/mol. The average molecular weight is 268 g/mol. The maximum Gasteiger partial charge on any atom is 0.251 e. The van der Waals surface area contributed by atoms with E-state index >= 15 is 0 Å². The van der Waals surface area contributed by atoms with E-state index in [4.69, 9.17) is 0 Å². The van der Waals surface area contributed by atoms with Gasteiger partial charge in [-0.15, -0.1) is 0 Å². The molecule has 1 aromatic heterocycles. The quantitative estimate of drug-likeness (QED) is 0.761. The fourth-order valence-corrected chi connectivity index (χ4v) is 2.25. The molecule has 0 aliphatic rings. The number of hydrogen-bond donors (Lipinski definition) is 1. The van der Waals surface area contributed by atoms with Gasteiger partial charge < -0.3 is 9.88 Å². The second kappa shape index (κ2) is 4.81. The minimum Gasteiger partial charge on any atom is -0.355 e. The van der Waals surface area contributed by atoms with E-state index in [9.17, 15) is 9.18 Å². The summed E-state index contributed by atoms with van der Waals surface area (Å²) in [6.45, 7) is 0. The number of carbonyl (C=O) groups excluding carboxylic acids is 1. The summed E-state index contributed by atoms with van der Waals surface area (Å²) in [5.74, 6) is -0.367. The van der Waals surface area contributed by atoms with E-state index in [1.807, 2.05) is 29.0 Å². The third kappa shape index (κ3) is 2.05. The molecule has 1 heterocycles. The minimum absolute atomic E-state index is 0.110. The van der Waals surface area contributed by atoms with Gasteiger partial charge in [-0.3, -0.25) is 4.79 Å². The van der Waals surface area contributed by atoms with Crippen LogP contribution in [0.1, 0.15) is 10.4 Å². The highest BCUT2D eigenvalue weighted by Gasteiger charge is 2.07.